The molecule has 0 aromatic rings. The highest BCUT2D eigenvalue weighted by molar-refractivity contribution is 5.69. The van der Waals surface area contributed by atoms with E-state index >= 15 is 0 Å². The number of hydrogen-bond donors (Lipinski definition) is 1. The number of piperazine rings is 1. The number of nitrogens with one attached hydrogen (secondary N) is 1. The fourth-order valence-corrected chi connectivity index (χ4v) is 1.58. The van der Waals surface area contributed by atoms with Crippen molar-refractivity contribution in [3.63, 3.8) is 0 Å². The molecule has 1 rings (SSSR count). The van der Waals surface area contributed by atoms with E-state index in [1.54, 1.807) is 0 Å². The summed E-state index contributed by atoms with van der Waals surface area (Å²) in [6, 6.07) is 0.301. The highest BCUT2D eigenvalue weighted by Gasteiger charge is 2.18. The zero-order chi connectivity index (χ0) is 9.68. The number of ether oxygens (including phenoxy) is 1. The molecule has 0 radical (unpaired) electrons. The van der Waals surface area contributed by atoms with Crippen molar-refractivity contribution >= 4 is 5.97 Å². The smallest absolute Gasteiger partial charge is 0.307 e. The van der Waals surface area contributed by atoms with Gasteiger partial charge in [0, 0.05) is 32.2 Å². The highest BCUT2D eigenvalue weighted by atomic mass is 16.5. The number of methoxy groups -OCH3 is 1. The van der Waals surface area contributed by atoms with Gasteiger partial charge in [0.05, 0.1) is 13.5 Å². The van der Waals surface area contributed by atoms with Crippen LogP contribution in [0.25, 0.3) is 0 Å². The molecule has 0 aromatic heterocycles. The third-order valence-corrected chi connectivity index (χ3v) is 2.46. The molecule has 0 bridgehead atoms. The van der Waals surface area contributed by atoms with Crippen LogP contribution in [-0.2, 0) is 9.53 Å². The number of carbonyl (C=O) groups is 1. The molecular formula is C9H18N2O2. The number of rotatable bonds is 3. The monoisotopic (exact) mass is 186 g/mol. The van der Waals surface area contributed by atoms with Crippen LogP contribution in [0.5, 0.6) is 0 Å². The van der Waals surface area contributed by atoms with Crippen molar-refractivity contribution in [1.82, 2.24) is 10.2 Å². The molecule has 0 amide bonds. The number of hydrogen-bond acceptors (Lipinski definition) is 4. The second kappa shape index (κ2) is 5.19. The lowest BCUT2D eigenvalue weighted by Gasteiger charge is -2.32. The zero-order valence-electron chi connectivity index (χ0n) is 8.38. The molecule has 1 saturated heterocycles. The highest BCUT2D eigenvalue weighted by Crippen LogP contribution is 2.05. The first-order valence-electron chi connectivity index (χ1n) is 4.75. The molecule has 1 aliphatic rings. The SMILES string of the molecule is COC(=O)C[C@@H](C)N1CCNCC1. The molecule has 1 aliphatic heterocycles. The van der Waals surface area contributed by atoms with Gasteiger partial charge in [-0.2, -0.15) is 0 Å². The predicted molar refractivity (Wildman–Crippen MR) is 50.5 cm³/mol. The van der Waals surface area contributed by atoms with Crippen LogP contribution in [0.2, 0.25) is 0 Å². The Hall–Kier alpha value is -0.610. The maximum atomic E-state index is 11.0. The van der Waals surface area contributed by atoms with Crippen LogP contribution in [0.4, 0.5) is 0 Å². The van der Waals surface area contributed by atoms with Crippen LogP contribution in [-0.4, -0.2) is 50.2 Å². The Kier molecular flexibility index (Phi) is 4.18. The topological polar surface area (TPSA) is 41.6 Å². The third-order valence-electron chi connectivity index (χ3n) is 2.46. The molecule has 1 fully saturated rings. The summed E-state index contributed by atoms with van der Waals surface area (Å²) >= 11 is 0. The quantitative estimate of drug-likeness (QED) is 0.622. The van der Waals surface area contributed by atoms with E-state index in [1.807, 2.05) is 0 Å². The summed E-state index contributed by atoms with van der Waals surface area (Å²) in [6.07, 6.45) is 0.497. The molecule has 0 aromatic carbocycles. The van der Waals surface area contributed by atoms with Crippen molar-refractivity contribution < 1.29 is 9.53 Å². The first-order chi connectivity index (χ1) is 6.24. The number of nitrogens with zero attached hydrogens (tertiary/aromatic N) is 1. The van der Waals surface area contributed by atoms with Gasteiger partial charge in [0.25, 0.3) is 0 Å². The molecule has 0 unspecified atom stereocenters. The first-order valence-corrected chi connectivity index (χ1v) is 4.75. The van der Waals surface area contributed by atoms with Gasteiger partial charge in [-0.1, -0.05) is 0 Å². The van der Waals surface area contributed by atoms with Gasteiger partial charge in [-0.3, -0.25) is 9.69 Å². The molecule has 76 valence electrons. The molecule has 1 heterocycles. The van der Waals surface area contributed by atoms with E-state index in [4.69, 9.17) is 0 Å². The van der Waals surface area contributed by atoms with Crippen molar-refractivity contribution in [3.8, 4) is 0 Å². The van der Waals surface area contributed by atoms with Crippen molar-refractivity contribution in [1.29, 1.82) is 0 Å². The zero-order valence-corrected chi connectivity index (χ0v) is 8.38. The summed E-state index contributed by atoms with van der Waals surface area (Å²) < 4.78 is 4.63. The van der Waals surface area contributed by atoms with E-state index in [9.17, 15) is 4.79 Å². The normalized spacial score (nSPS) is 21.1. The summed E-state index contributed by atoms with van der Waals surface area (Å²) in [4.78, 5) is 13.3. The Balaban J connectivity index is 2.28. The molecule has 0 aliphatic carbocycles. The van der Waals surface area contributed by atoms with Crippen LogP contribution in [0, 0.1) is 0 Å². The van der Waals surface area contributed by atoms with Gasteiger partial charge >= 0.3 is 5.97 Å². The van der Waals surface area contributed by atoms with E-state index in [-0.39, 0.29) is 5.97 Å². The van der Waals surface area contributed by atoms with Crippen LogP contribution >= 0.6 is 0 Å². The summed E-state index contributed by atoms with van der Waals surface area (Å²) in [5.74, 6) is -0.119. The maximum absolute atomic E-state index is 11.0. The Morgan fingerprint density at radius 3 is 2.69 bits per heavy atom. The van der Waals surface area contributed by atoms with Crippen molar-refractivity contribution in [2.24, 2.45) is 0 Å². The Labute approximate surface area is 79.2 Å². The lowest BCUT2D eigenvalue weighted by atomic mass is 10.2. The molecular weight excluding hydrogens is 168 g/mol. The van der Waals surface area contributed by atoms with Crippen LogP contribution in [0.15, 0.2) is 0 Å². The van der Waals surface area contributed by atoms with Crippen LogP contribution in [0.1, 0.15) is 13.3 Å². The number of carbonyl (C=O) groups excluding carboxylic acids is 1. The fourth-order valence-electron chi connectivity index (χ4n) is 1.58. The molecule has 0 saturated carbocycles. The Bertz CT molecular complexity index is 167. The third kappa shape index (κ3) is 3.32. The average molecular weight is 186 g/mol. The summed E-state index contributed by atoms with van der Waals surface area (Å²) in [5, 5.41) is 3.28. The van der Waals surface area contributed by atoms with Gasteiger partial charge in [-0.15, -0.1) is 0 Å². The Morgan fingerprint density at radius 2 is 2.15 bits per heavy atom. The van der Waals surface area contributed by atoms with Gasteiger partial charge in [0.1, 0.15) is 0 Å². The molecule has 13 heavy (non-hydrogen) atoms. The summed E-state index contributed by atoms with van der Waals surface area (Å²) in [6.45, 7) is 6.16. The van der Waals surface area contributed by atoms with Crippen LogP contribution < -0.4 is 5.32 Å². The predicted octanol–water partition coefficient (Wildman–Crippen LogP) is -0.157. The molecule has 4 heteroatoms. The average Bonchev–Trinajstić information content (AvgIpc) is 2.19. The van der Waals surface area contributed by atoms with Gasteiger partial charge in [-0.05, 0) is 6.92 Å². The van der Waals surface area contributed by atoms with Crippen molar-refractivity contribution in [2.45, 2.75) is 19.4 Å². The minimum absolute atomic E-state index is 0.119. The van der Waals surface area contributed by atoms with Gasteiger partial charge < -0.3 is 10.1 Å². The Morgan fingerprint density at radius 1 is 1.54 bits per heavy atom. The molecule has 4 nitrogen and oxygen atoms in total. The van der Waals surface area contributed by atoms with Crippen molar-refractivity contribution in [2.75, 3.05) is 33.3 Å². The lowest BCUT2D eigenvalue weighted by Crippen LogP contribution is -2.48. The number of esters is 1. The molecule has 0 spiro atoms. The standard InChI is InChI=1S/C9H18N2O2/c1-8(7-9(12)13-2)11-5-3-10-4-6-11/h8,10H,3-7H2,1-2H3/t8-/m1/s1. The van der Waals surface area contributed by atoms with Crippen LogP contribution in [0.3, 0.4) is 0 Å². The van der Waals surface area contributed by atoms with E-state index in [0.717, 1.165) is 26.2 Å². The fraction of sp³-hybridized carbons (Fsp3) is 0.889. The minimum Gasteiger partial charge on any atom is -0.469 e. The lowest BCUT2D eigenvalue weighted by molar-refractivity contribution is -0.141. The van der Waals surface area contributed by atoms with Gasteiger partial charge in [0.2, 0.25) is 0 Å². The van der Waals surface area contributed by atoms with E-state index in [0.29, 0.717) is 12.5 Å². The first kappa shape index (κ1) is 10.5. The van der Waals surface area contributed by atoms with Crippen molar-refractivity contribution in [3.05, 3.63) is 0 Å². The summed E-state index contributed by atoms with van der Waals surface area (Å²) in [5.41, 5.74) is 0. The van der Waals surface area contributed by atoms with Gasteiger partial charge in [0.15, 0.2) is 0 Å². The largest absolute Gasteiger partial charge is 0.469 e. The van der Waals surface area contributed by atoms with E-state index in [1.165, 1.54) is 7.11 Å². The molecule has 1 atom stereocenters. The van der Waals surface area contributed by atoms with E-state index < -0.39 is 0 Å². The second-order valence-electron chi connectivity index (χ2n) is 3.42. The van der Waals surface area contributed by atoms with E-state index in [2.05, 4.69) is 21.9 Å². The van der Waals surface area contributed by atoms with Gasteiger partial charge in [-0.25, -0.2) is 0 Å². The molecule has 1 N–H and O–H groups in total. The second-order valence-corrected chi connectivity index (χ2v) is 3.42. The minimum atomic E-state index is -0.119. The summed E-state index contributed by atoms with van der Waals surface area (Å²) in [7, 11) is 1.44. The maximum Gasteiger partial charge on any atom is 0.307 e.